The van der Waals surface area contributed by atoms with Crippen LogP contribution in [-0.4, -0.2) is 42.8 Å². The van der Waals surface area contributed by atoms with E-state index in [0.29, 0.717) is 18.4 Å². The monoisotopic (exact) mass is 513 g/mol. The zero-order valence-corrected chi connectivity index (χ0v) is 21.8. The number of carbonyl (C=O) groups excluding carboxylic acids is 1. The van der Waals surface area contributed by atoms with Crippen molar-refractivity contribution in [3.8, 4) is 18.1 Å². The number of benzene rings is 1. The standard InChI is InChI=1S/C27H38F3NO5/c1-7-8-9-10-11-16-33-22-13-12-20(17-21(22)27(28,29)30)14-15-26(18-34-25(5,6)35-19-26)31-23(32)36-24(2,3)4/h1,12-13,17H,8-11,14-16,18-19H2,2-6H3,(H,31,32). The van der Waals surface area contributed by atoms with E-state index in [1.54, 1.807) is 40.7 Å². The molecule has 1 aliphatic heterocycles. The molecule has 0 aliphatic carbocycles. The molecule has 1 aliphatic rings. The molecule has 36 heavy (non-hydrogen) atoms. The zero-order valence-electron chi connectivity index (χ0n) is 21.8. The summed E-state index contributed by atoms with van der Waals surface area (Å²) in [4.78, 5) is 12.5. The predicted octanol–water partition coefficient (Wildman–Crippen LogP) is 6.26. The number of hydrogen-bond acceptors (Lipinski definition) is 5. The van der Waals surface area contributed by atoms with Crippen molar-refractivity contribution in [2.24, 2.45) is 0 Å². The first-order chi connectivity index (χ1) is 16.6. The van der Waals surface area contributed by atoms with Gasteiger partial charge in [-0.25, -0.2) is 4.79 Å². The van der Waals surface area contributed by atoms with Crippen LogP contribution < -0.4 is 10.1 Å². The molecule has 0 saturated carbocycles. The molecule has 9 heteroatoms. The van der Waals surface area contributed by atoms with Gasteiger partial charge in [0.25, 0.3) is 0 Å². The molecule has 0 atom stereocenters. The van der Waals surface area contributed by atoms with Crippen molar-refractivity contribution in [2.45, 2.75) is 96.2 Å². The van der Waals surface area contributed by atoms with E-state index in [9.17, 15) is 18.0 Å². The van der Waals surface area contributed by atoms with Crippen LogP contribution in [0.2, 0.25) is 0 Å². The number of terminal acetylenes is 1. The first-order valence-corrected chi connectivity index (χ1v) is 12.2. The molecule has 0 bridgehead atoms. The number of amides is 1. The lowest BCUT2D eigenvalue weighted by atomic mass is 9.91. The molecule has 0 spiro atoms. The molecule has 6 nitrogen and oxygen atoms in total. The van der Waals surface area contributed by atoms with E-state index in [-0.39, 0.29) is 38.4 Å². The molecule has 1 amide bonds. The van der Waals surface area contributed by atoms with E-state index < -0.39 is 34.8 Å². The van der Waals surface area contributed by atoms with E-state index in [1.807, 2.05) is 0 Å². The van der Waals surface area contributed by atoms with Gasteiger partial charge in [0.05, 0.1) is 30.9 Å². The van der Waals surface area contributed by atoms with Crippen LogP contribution >= 0.6 is 0 Å². The van der Waals surface area contributed by atoms with E-state index >= 15 is 0 Å². The maximum atomic E-state index is 13.8. The van der Waals surface area contributed by atoms with Gasteiger partial charge in [-0.05, 0) is 84.4 Å². The molecule has 0 radical (unpaired) electrons. The fourth-order valence-corrected chi connectivity index (χ4v) is 3.66. The Labute approximate surface area is 212 Å². The van der Waals surface area contributed by atoms with Gasteiger partial charge < -0.3 is 24.3 Å². The Kier molecular flexibility index (Phi) is 10.1. The molecule has 0 aromatic heterocycles. The lowest BCUT2D eigenvalue weighted by Crippen LogP contribution is -2.61. The van der Waals surface area contributed by atoms with Crippen molar-refractivity contribution in [2.75, 3.05) is 19.8 Å². The number of alkyl carbamates (subject to hydrolysis) is 1. The van der Waals surface area contributed by atoms with Crippen LogP contribution in [0, 0.1) is 12.3 Å². The SMILES string of the molecule is C#CCCCCCOc1ccc(CCC2(NC(=O)OC(C)(C)C)COC(C)(C)OC2)cc1C(F)(F)F. The highest BCUT2D eigenvalue weighted by Crippen LogP contribution is 2.37. The van der Waals surface area contributed by atoms with Gasteiger partial charge in [0, 0.05) is 6.42 Å². The Morgan fingerprint density at radius 3 is 2.39 bits per heavy atom. The molecule has 1 aromatic carbocycles. The molecular weight excluding hydrogens is 475 g/mol. The van der Waals surface area contributed by atoms with Crippen molar-refractivity contribution in [3.05, 3.63) is 29.3 Å². The van der Waals surface area contributed by atoms with Crippen molar-refractivity contribution in [1.29, 1.82) is 0 Å². The summed E-state index contributed by atoms with van der Waals surface area (Å²) in [5.41, 5.74) is -2.03. The first kappa shape index (κ1) is 29.8. The fourth-order valence-electron chi connectivity index (χ4n) is 3.66. The van der Waals surface area contributed by atoms with Crippen LogP contribution in [0.1, 0.15) is 77.8 Å². The minimum absolute atomic E-state index is 0.131. The van der Waals surface area contributed by atoms with Crippen LogP contribution in [0.3, 0.4) is 0 Å². The summed E-state index contributed by atoms with van der Waals surface area (Å²) in [5.74, 6) is 1.51. The van der Waals surface area contributed by atoms with E-state index in [1.165, 1.54) is 6.07 Å². The number of carbonyl (C=O) groups is 1. The van der Waals surface area contributed by atoms with Crippen molar-refractivity contribution < 1.29 is 36.9 Å². The highest BCUT2D eigenvalue weighted by atomic mass is 19.4. The highest BCUT2D eigenvalue weighted by Gasteiger charge is 2.42. The Morgan fingerprint density at radius 2 is 1.81 bits per heavy atom. The fraction of sp³-hybridized carbons (Fsp3) is 0.667. The van der Waals surface area contributed by atoms with Gasteiger partial charge in [0.15, 0.2) is 5.79 Å². The first-order valence-electron chi connectivity index (χ1n) is 12.2. The van der Waals surface area contributed by atoms with E-state index in [2.05, 4.69) is 11.2 Å². The maximum absolute atomic E-state index is 13.8. The summed E-state index contributed by atoms with van der Waals surface area (Å²) in [6.07, 6.45) is 3.40. The number of aryl methyl sites for hydroxylation is 1. The second-order valence-corrected chi connectivity index (χ2v) is 10.6. The third kappa shape index (κ3) is 9.90. The Balaban J connectivity index is 2.12. The molecular formula is C27H38F3NO5. The van der Waals surface area contributed by atoms with Gasteiger partial charge in [-0.2, -0.15) is 13.2 Å². The van der Waals surface area contributed by atoms with Crippen molar-refractivity contribution in [1.82, 2.24) is 5.32 Å². The molecule has 2 rings (SSSR count). The number of rotatable bonds is 10. The van der Waals surface area contributed by atoms with Crippen LogP contribution in [0.4, 0.5) is 18.0 Å². The van der Waals surface area contributed by atoms with Gasteiger partial charge in [0.2, 0.25) is 0 Å². The van der Waals surface area contributed by atoms with Gasteiger partial charge >= 0.3 is 12.3 Å². The molecule has 1 N–H and O–H groups in total. The lowest BCUT2D eigenvalue weighted by molar-refractivity contribution is -0.271. The Hall–Kier alpha value is -2.44. The van der Waals surface area contributed by atoms with Crippen molar-refractivity contribution >= 4 is 6.09 Å². The van der Waals surface area contributed by atoms with E-state index in [0.717, 1.165) is 18.9 Å². The van der Waals surface area contributed by atoms with Crippen LogP contribution in [0.15, 0.2) is 18.2 Å². The molecule has 202 valence electrons. The van der Waals surface area contributed by atoms with Crippen LogP contribution in [0.25, 0.3) is 0 Å². The van der Waals surface area contributed by atoms with Crippen LogP contribution in [0.5, 0.6) is 5.75 Å². The number of unbranched alkanes of at least 4 members (excludes halogenated alkanes) is 3. The predicted molar refractivity (Wildman–Crippen MR) is 131 cm³/mol. The van der Waals surface area contributed by atoms with Gasteiger partial charge in [0.1, 0.15) is 11.4 Å². The summed E-state index contributed by atoms with van der Waals surface area (Å²) in [6, 6.07) is 4.06. The number of alkyl halides is 3. The molecule has 1 saturated heterocycles. The molecule has 1 aromatic rings. The second kappa shape index (κ2) is 12.2. The topological polar surface area (TPSA) is 66.0 Å². The summed E-state index contributed by atoms with van der Waals surface area (Å²) < 4.78 is 63.7. The summed E-state index contributed by atoms with van der Waals surface area (Å²) in [6.45, 7) is 9.20. The zero-order chi connectivity index (χ0) is 27.0. The summed E-state index contributed by atoms with van der Waals surface area (Å²) in [7, 11) is 0. The van der Waals surface area contributed by atoms with Crippen molar-refractivity contribution in [3.63, 3.8) is 0 Å². The Bertz CT molecular complexity index is 905. The largest absolute Gasteiger partial charge is 0.493 e. The van der Waals surface area contributed by atoms with Gasteiger partial charge in [-0.1, -0.05) is 6.07 Å². The average Bonchev–Trinajstić information content (AvgIpc) is 2.75. The lowest BCUT2D eigenvalue weighted by Gasteiger charge is -2.44. The normalized spacial score (nSPS) is 17.2. The number of hydrogen-bond donors (Lipinski definition) is 1. The molecule has 0 unspecified atom stereocenters. The average molecular weight is 514 g/mol. The van der Waals surface area contributed by atoms with Gasteiger partial charge in [-0.3, -0.25) is 0 Å². The molecule has 1 fully saturated rings. The third-order valence-corrected chi connectivity index (χ3v) is 5.62. The summed E-state index contributed by atoms with van der Waals surface area (Å²) >= 11 is 0. The Morgan fingerprint density at radius 1 is 1.14 bits per heavy atom. The number of nitrogens with one attached hydrogen (secondary N) is 1. The molecule has 1 heterocycles. The summed E-state index contributed by atoms with van der Waals surface area (Å²) in [5, 5.41) is 2.83. The smallest absolute Gasteiger partial charge is 0.419 e. The minimum atomic E-state index is -4.57. The highest BCUT2D eigenvalue weighted by molar-refractivity contribution is 5.69. The van der Waals surface area contributed by atoms with E-state index in [4.69, 9.17) is 25.4 Å². The number of ether oxygens (including phenoxy) is 4. The third-order valence-electron chi connectivity index (χ3n) is 5.62. The van der Waals surface area contributed by atoms with Crippen LogP contribution in [-0.2, 0) is 26.8 Å². The minimum Gasteiger partial charge on any atom is -0.493 e. The second-order valence-electron chi connectivity index (χ2n) is 10.6. The quantitative estimate of drug-likeness (QED) is 0.296. The number of halogens is 3. The van der Waals surface area contributed by atoms with Gasteiger partial charge in [-0.15, -0.1) is 12.3 Å². The maximum Gasteiger partial charge on any atom is 0.419 e.